The first-order chi connectivity index (χ1) is 9.99. The minimum absolute atomic E-state index is 0.118. The molecule has 5 nitrogen and oxygen atoms in total. The summed E-state index contributed by atoms with van der Waals surface area (Å²) in [5, 5.41) is 7.39. The second-order valence-electron chi connectivity index (χ2n) is 6.16. The molecule has 0 aliphatic carbocycles. The average molecular weight is 303 g/mol. The minimum atomic E-state index is 0.118. The number of aromatic amines is 1. The number of rotatable bonds is 2. The van der Waals surface area contributed by atoms with Gasteiger partial charge in [-0.15, -0.1) is 5.10 Å². The molecule has 0 bridgehead atoms. The van der Waals surface area contributed by atoms with E-state index in [2.05, 4.69) is 53.0 Å². The summed E-state index contributed by atoms with van der Waals surface area (Å²) in [6, 6.07) is 10.1. The smallest absolute Gasteiger partial charge is 0.230 e. The topological polar surface area (TPSA) is 40.1 Å². The van der Waals surface area contributed by atoms with Gasteiger partial charge in [0.15, 0.2) is 0 Å². The lowest BCUT2D eigenvalue weighted by atomic mass is 10.0. The molecule has 6 heteroatoms. The number of para-hydroxylation sites is 1. The Labute approximate surface area is 130 Å². The van der Waals surface area contributed by atoms with E-state index in [0.717, 1.165) is 31.3 Å². The van der Waals surface area contributed by atoms with Gasteiger partial charge < -0.3 is 4.90 Å². The first-order valence-electron chi connectivity index (χ1n) is 7.18. The number of H-pyrrole nitrogens is 1. The number of aromatic nitrogens is 3. The van der Waals surface area contributed by atoms with Gasteiger partial charge in [-0.05, 0) is 45.2 Å². The normalized spacial score (nSPS) is 18.9. The lowest BCUT2D eigenvalue weighted by Gasteiger charge is -2.45. The molecule has 0 radical (unpaired) electrons. The summed E-state index contributed by atoms with van der Waals surface area (Å²) >= 11 is 5.41. The zero-order valence-electron chi connectivity index (χ0n) is 12.7. The van der Waals surface area contributed by atoms with Gasteiger partial charge in [0.2, 0.25) is 10.7 Å². The third-order valence-electron chi connectivity index (χ3n) is 4.27. The lowest BCUT2D eigenvalue weighted by molar-refractivity contribution is 0.138. The van der Waals surface area contributed by atoms with E-state index in [4.69, 9.17) is 12.2 Å². The summed E-state index contributed by atoms with van der Waals surface area (Å²) in [6.07, 6.45) is 0. The SMILES string of the molecule is CN1CCN(c2n[nH]c(=S)n2-c2ccccc2)CC1(C)C. The summed E-state index contributed by atoms with van der Waals surface area (Å²) in [5.74, 6) is 0.896. The third-order valence-corrected chi connectivity index (χ3v) is 4.54. The van der Waals surface area contributed by atoms with Gasteiger partial charge in [0.25, 0.3) is 0 Å². The van der Waals surface area contributed by atoms with E-state index >= 15 is 0 Å². The van der Waals surface area contributed by atoms with Gasteiger partial charge in [0.1, 0.15) is 0 Å². The number of nitrogens with one attached hydrogen (secondary N) is 1. The molecule has 21 heavy (non-hydrogen) atoms. The van der Waals surface area contributed by atoms with Crippen molar-refractivity contribution >= 4 is 18.2 Å². The van der Waals surface area contributed by atoms with Gasteiger partial charge in [-0.2, -0.15) is 0 Å². The second kappa shape index (κ2) is 5.27. The maximum Gasteiger partial charge on any atom is 0.230 e. The molecule has 1 N–H and O–H groups in total. The fraction of sp³-hybridized carbons (Fsp3) is 0.467. The van der Waals surface area contributed by atoms with E-state index < -0.39 is 0 Å². The Balaban J connectivity index is 2.00. The van der Waals surface area contributed by atoms with Gasteiger partial charge >= 0.3 is 0 Å². The van der Waals surface area contributed by atoms with Crippen LogP contribution in [0.2, 0.25) is 0 Å². The molecule has 2 heterocycles. The molecule has 1 aromatic heterocycles. The maximum atomic E-state index is 5.41. The molecule has 1 aliphatic rings. The number of nitrogens with zero attached hydrogens (tertiary/aromatic N) is 4. The van der Waals surface area contributed by atoms with Crippen molar-refractivity contribution in [2.75, 3.05) is 31.6 Å². The average Bonchev–Trinajstić information content (AvgIpc) is 2.84. The van der Waals surface area contributed by atoms with E-state index in [0.29, 0.717) is 4.77 Å². The zero-order valence-corrected chi connectivity index (χ0v) is 13.5. The van der Waals surface area contributed by atoms with Crippen LogP contribution in [0.3, 0.4) is 0 Å². The fourth-order valence-corrected chi connectivity index (χ4v) is 2.95. The van der Waals surface area contributed by atoms with Crippen LogP contribution >= 0.6 is 12.2 Å². The Morgan fingerprint density at radius 3 is 2.57 bits per heavy atom. The van der Waals surface area contributed by atoms with Crippen molar-refractivity contribution in [1.82, 2.24) is 19.7 Å². The molecular formula is C15H21N5S. The molecular weight excluding hydrogens is 282 g/mol. The first kappa shape index (κ1) is 14.3. The van der Waals surface area contributed by atoms with Crippen LogP contribution in [0.4, 0.5) is 5.95 Å². The molecule has 0 unspecified atom stereocenters. The van der Waals surface area contributed by atoms with Crippen molar-refractivity contribution in [3.63, 3.8) is 0 Å². The summed E-state index contributed by atoms with van der Waals surface area (Å²) in [6.45, 7) is 7.41. The summed E-state index contributed by atoms with van der Waals surface area (Å²) in [5.41, 5.74) is 1.16. The van der Waals surface area contributed by atoms with E-state index in [1.165, 1.54) is 0 Å². The van der Waals surface area contributed by atoms with Gasteiger partial charge in [-0.3, -0.25) is 9.47 Å². The highest BCUT2D eigenvalue weighted by Crippen LogP contribution is 2.25. The molecule has 0 saturated carbocycles. The third kappa shape index (κ3) is 2.61. The van der Waals surface area contributed by atoms with Gasteiger partial charge in [0.05, 0.1) is 5.69 Å². The molecule has 0 atom stereocenters. The molecule has 1 aromatic carbocycles. The monoisotopic (exact) mass is 303 g/mol. The highest BCUT2D eigenvalue weighted by atomic mass is 32.1. The maximum absolute atomic E-state index is 5.41. The highest BCUT2D eigenvalue weighted by molar-refractivity contribution is 7.71. The van der Waals surface area contributed by atoms with E-state index in [1.54, 1.807) is 0 Å². The van der Waals surface area contributed by atoms with Crippen molar-refractivity contribution in [3.8, 4) is 5.69 Å². The summed E-state index contributed by atoms with van der Waals surface area (Å²) < 4.78 is 2.64. The number of likely N-dealkylation sites (N-methyl/N-ethyl adjacent to an activating group) is 1. The first-order valence-corrected chi connectivity index (χ1v) is 7.59. The van der Waals surface area contributed by atoms with Crippen molar-refractivity contribution in [2.24, 2.45) is 0 Å². The van der Waals surface area contributed by atoms with E-state index in [-0.39, 0.29) is 5.54 Å². The van der Waals surface area contributed by atoms with Crippen molar-refractivity contribution < 1.29 is 0 Å². The van der Waals surface area contributed by atoms with Crippen LogP contribution in [-0.2, 0) is 0 Å². The van der Waals surface area contributed by atoms with E-state index in [9.17, 15) is 0 Å². The number of benzene rings is 1. The molecule has 3 rings (SSSR count). The molecule has 1 aliphatic heterocycles. The van der Waals surface area contributed by atoms with Crippen LogP contribution < -0.4 is 4.90 Å². The number of hydrogen-bond donors (Lipinski definition) is 1. The van der Waals surface area contributed by atoms with Crippen LogP contribution in [0.5, 0.6) is 0 Å². The van der Waals surface area contributed by atoms with E-state index in [1.807, 2.05) is 22.8 Å². The van der Waals surface area contributed by atoms with Crippen LogP contribution in [0.1, 0.15) is 13.8 Å². The van der Waals surface area contributed by atoms with Gasteiger partial charge in [-0.1, -0.05) is 18.2 Å². The molecule has 1 fully saturated rings. The molecule has 112 valence electrons. The Morgan fingerprint density at radius 2 is 1.90 bits per heavy atom. The van der Waals surface area contributed by atoms with Crippen LogP contribution in [0.25, 0.3) is 5.69 Å². The second-order valence-corrected chi connectivity index (χ2v) is 6.54. The predicted molar refractivity (Wildman–Crippen MR) is 87.7 cm³/mol. The Morgan fingerprint density at radius 1 is 1.19 bits per heavy atom. The predicted octanol–water partition coefficient (Wildman–Crippen LogP) is 2.46. The quantitative estimate of drug-likeness (QED) is 0.865. The molecule has 0 spiro atoms. The van der Waals surface area contributed by atoms with Crippen molar-refractivity contribution in [1.29, 1.82) is 0 Å². The van der Waals surface area contributed by atoms with Crippen LogP contribution in [-0.4, -0.2) is 51.9 Å². The Bertz CT molecular complexity index is 673. The molecule has 0 amide bonds. The van der Waals surface area contributed by atoms with Crippen molar-refractivity contribution in [2.45, 2.75) is 19.4 Å². The largest absolute Gasteiger partial charge is 0.338 e. The highest BCUT2D eigenvalue weighted by Gasteiger charge is 2.33. The molecule has 2 aromatic rings. The number of anilines is 1. The zero-order chi connectivity index (χ0) is 15.0. The van der Waals surface area contributed by atoms with Crippen LogP contribution in [0, 0.1) is 4.77 Å². The Kier molecular flexibility index (Phi) is 3.59. The van der Waals surface area contributed by atoms with Gasteiger partial charge in [0, 0.05) is 25.2 Å². The fourth-order valence-electron chi connectivity index (χ4n) is 2.72. The molecule has 1 saturated heterocycles. The standard InChI is InChI=1S/C15H21N5S/c1-15(2)11-19(10-9-18(15)3)13-16-17-14(21)20(13)12-7-5-4-6-8-12/h4-8H,9-11H2,1-3H3,(H,17,21). The lowest BCUT2D eigenvalue weighted by Crippen LogP contribution is -2.58. The number of piperazine rings is 1. The van der Waals surface area contributed by atoms with Crippen molar-refractivity contribution in [3.05, 3.63) is 35.1 Å². The number of hydrogen-bond acceptors (Lipinski definition) is 4. The summed E-state index contributed by atoms with van der Waals surface area (Å²) in [4.78, 5) is 4.69. The minimum Gasteiger partial charge on any atom is -0.338 e. The summed E-state index contributed by atoms with van der Waals surface area (Å²) in [7, 11) is 2.17. The Hall–Kier alpha value is -1.66. The van der Waals surface area contributed by atoms with Crippen LogP contribution in [0.15, 0.2) is 30.3 Å². The van der Waals surface area contributed by atoms with Gasteiger partial charge in [-0.25, -0.2) is 5.10 Å².